The first-order valence-corrected chi connectivity index (χ1v) is 6.16. The van der Waals surface area contributed by atoms with Crippen molar-refractivity contribution in [2.75, 3.05) is 30.0 Å². The summed E-state index contributed by atoms with van der Waals surface area (Å²) in [5, 5.41) is 2.95. The number of hydrogen-bond donors (Lipinski definition) is 2. The van der Waals surface area contributed by atoms with E-state index in [4.69, 9.17) is 5.73 Å². The van der Waals surface area contributed by atoms with Crippen molar-refractivity contribution in [1.82, 2.24) is 15.0 Å². The van der Waals surface area contributed by atoms with Gasteiger partial charge in [-0.3, -0.25) is 0 Å². The van der Waals surface area contributed by atoms with Crippen molar-refractivity contribution in [2.24, 2.45) is 0 Å². The predicted octanol–water partition coefficient (Wildman–Crippen LogP) is 2.16. The molecule has 0 unspecified atom stereocenters. The van der Waals surface area contributed by atoms with E-state index in [-0.39, 0.29) is 11.8 Å². The Bertz CT molecular complexity index is 604. The van der Waals surface area contributed by atoms with Gasteiger partial charge in [-0.1, -0.05) is 0 Å². The maximum Gasteiger partial charge on any atom is 0.233 e. The average Bonchev–Trinajstić information content (AvgIpc) is 2.32. The fourth-order valence-corrected chi connectivity index (χ4v) is 1.80. The maximum absolute atomic E-state index is 13.0. The van der Waals surface area contributed by atoms with Crippen molar-refractivity contribution >= 4 is 39.5 Å². The summed E-state index contributed by atoms with van der Waals surface area (Å²) in [5.74, 6) is 0.512. The van der Waals surface area contributed by atoms with Gasteiger partial charge in [-0.15, -0.1) is 0 Å². The van der Waals surface area contributed by atoms with Crippen molar-refractivity contribution in [3.05, 3.63) is 28.5 Å². The lowest BCUT2D eigenvalue weighted by Crippen LogP contribution is -2.15. The molecule has 2 aromatic rings. The van der Waals surface area contributed by atoms with Crippen LogP contribution in [0, 0.1) is 5.82 Å². The Hall–Kier alpha value is -1.96. The van der Waals surface area contributed by atoms with E-state index in [9.17, 15) is 4.39 Å². The number of nitrogens with zero attached hydrogens (tertiary/aromatic N) is 4. The van der Waals surface area contributed by atoms with Crippen LogP contribution >= 0.6 is 15.9 Å². The fraction of sp³-hybridized carbons (Fsp3) is 0.182. The molecule has 0 saturated heterocycles. The highest BCUT2D eigenvalue weighted by atomic mass is 79.9. The topological polar surface area (TPSA) is 80.0 Å². The molecule has 0 atom stereocenters. The molecule has 0 radical (unpaired) electrons. The van der Waals surface area contributed by atoms with Gasteiger partial charge in [-0.2, -0.15) is 15.0 Å². The van der Waals surface area contributed by atoms with E-state index in [0.29, 0.717) is 22.1 Å². The van der Waals surface area contributed by atoms with Crippen LogP contribution in [0.2, 0.25) is 0 Å². The Morgan fingerprint density at radius 2 is 2.00 bits per heavy atom. The zero-order chi connectivity index (χ0) is 14.0. The number of aromatic nitrogens is 3. The average molecular weight is 327 g/mol. The van der Waals surface area contributed by atoms with Crippen LogP contribution < -0.4 is 16.0 Å². The summed E-state index contributed by atoms with van der Waals surface area (Å²) < 4.78 is 13.6. The zero-order valence-electron chi connectivity index (χ0n) is 10.4. The van der Waals surface area contributed by atoms with Gasteiger partial charge in [0.25, 0.3) is 0 Å². The van der Waals surface area contributed by atoms with E-state index in [2.05, 4.69) is 36.2 Å². The second kappa shape index (κ2) is 5.35. The Kier molecular flexibility index (Phi) is 3.79. The first kappa shape index (κ1) is 13.5. The molecule has 1 aromatic carbocycles. The number of nitrogens with two attached hydrogens (primary N) is 1. The van der Waals surface area contributed by atoms with Crippen LogP contribution in [0.15, 0.2) is 22.7 Å². The van der Waals surface area contributed by atoms with Gasteiger partial charge in [-0.25, -0.2) is 4.39 Å². The summed E-state index contributed by atoms with van der Waals surface area (Å²) in [6.45, 7) is 0. The molecule has 0 amide bonds. The van der Waals surface area contributed by atoms with Gasteiger partial charge < -0.3 is 16.0 Å². The summed E-state index contributed by atoms with van der Waals surface area (Å²) in [6.07, 6.45) is 0. The van der Waals surface area contributed by atoms with Crippen molar-refractivity contribution < 1.29 is 4.39 Å². The van der Waals surface area contributed by atoms with Crippen molar-refractivity contribution in [3.63, 3.8) is 0 Å². The third-order valence-electron chi connectivity index (χ3n) is 2.22. The highest BCUT2D eigenvalue weighted by Gasteiger charge is 2.08. The summed E-state index contributed by atoms with van der Waals surface area (Å²) >= 11 is 3.26. The minimum Gasteiger partial charge on any atom is -0.368 e. The molecule has 2 rings (SSSR count). The second-order valence-corrected chi connectivity index (χ2v) is 4.82. The van der Waals surface area contributed by atoms with Gasteiger partial charge in [0.2, 0.25) is 17.8 Å². The SMILES string of the molecule is CN(C)c1nc(N)nc(Nc2ccc(F)cc2Br)n1. The van der Waals surface area contributed by atoms with Gasteiger partial charge in [0.15, 0.2) is 0 Å². The highest BCUT2D eigenvalue weighted by molar-refractivity contribution is 9.10. The smallest absolute Gasteiger partial charge is 0.233 e. The molecule has 3 N–H and O–H groups in total. The molecule has 0 saturated carbocycles. The Balaban J connectivity index is 2.32. The molecular weight excluding hydrogens is 315 g/mol. The van der Waals surface area contributed by atoms with E-state index >= 15 is 0 Å². The van der Waals surface area contributed by atoms with Crippen LogP contribution in [0.4, 0.5) is 27.9 Å². The number of anilines is 4. The summed E-state index contributed by atoms with van der Waals surface area (Å²) in [4.78, 5) is 13.9. The monoisotopic (exact) mass is 326 g/mol. The standard InChI is InChI=1S/C11H12BrFN6/c1-19(2)11-17-9(14)16-10(18-11)15-8-4-3-6(13)5-7(8)12/h3-5H,1-2H3,(H3,14,15,16,17,18). The van der Waals surface area contributed by atoms with E-state index in [1.165, 1.54) is 12.1 Å². The zero-order valence-corrected chi connectivity index (χ0v) is 11.9. The summed E-state index contributed by atoms with van der Waals surface area (Å²) in [6, 6.07) is 4.26. The lowest BCUT2D eigenvalue weighted by Gasteiger charge is -2.12. The van der Waals surface area contributed by atoms with Crippen LogP contribution in [0.5, 0.6) is 0 Å². The summed E-state index contributed by atoms with van der Waals surface area (Å²) in [7, 11) is 3.60. The van der Waals surface area contributed by atoms with Gasteiger partial charge in [-0.05, 0) is 34.1 Å². The third-order valence-corrected chi connectivity index (χ3v) is 2.87. The lowest BCUT2D eigenvalue weighted by atomic mass is 10.3. The molecule has 0 aliphatic carbocycles. The van der Waals surface area contributed by atoms with Crippen molar-refractivity contribution in [2.45, 2.75) is 0 Å². The molecule has 6 nitrogen and oxygen atoms in total. The van der Waals surface area contributed by atoms with E-state index in [1.54, 1.807) is 25.1 Å². The number of rotatable bonds is 3. The van der Waals surface area contributed by atoms with Gasteiger partial charge >= 0.3 is 0 Å². The number of nitrogen functional groups attached to an aromatic ring is 1. The van der Waals surface area contributed by atoms with E-state index in [1.807, 2.05) is 0 Å². The van der Waals surface area contributed by atoms with Crippen LogP contribution in [0.25, 0.3) is 0 Å². The van der Waals surface area contributed by atoms with Crippen molar-refractivity contribution in [3.8, 4) is 0 Å². The number of halogens is 2. The second-order valence-electron chi connectivity index (χ2n) is 3.96. The molecule has 0 aliphatic rings. The molecule has 1 heterocycles. The first-order chi connectivity index (χ1) is 8.95. The largest absolute Gasteiger partial charge is 0.368 e. The number of benzene rings is 1. The van der Waals surface area contributed by atoms with E-state index in [0.717, 1.165) is 0 Å². The van der Waals surface area contributed by atoms with Crippen molar-refractivity contribution in [1.29, 1.82) is 0 Å². The van der Waals surface area contributed by atoms with Gasteiger partial charge in [0.05, 0.1) is 5.69 Å². The van der Waals surface area contributed by atoms with Crippen LogP contribution in [-0.2, 0) is 0 Å². The van der Waals surface area contributed by atoms with Gasteiger partial charge in [0, 0.05) is 18.6 Å². The molecule has 8 heteroatoms. The predicted molar refractivity (Wildman–Crippen MR) is 75.9 cm³/mol. The fourth-order valence-electron chi connectivity index (χ4n) is 1.35. The molecule has 0 fully saturated rings. The molecule has 0 aliphatic heterocycles. The molecule has 0 bridgehead atoms. The minimum atomic E-state index is -0.332. The molecule has 19 heavy (non-hydrogen) atoms. The van der Waals surface area contributed by atoms with Crippen LogP contribution in [-0.4, -0.2) is 29.0 Å². The summed E-state index contributed by atoms with van der Waals surface area (Å²) in [5.41, 5.74) is 6.25. The first-order valence-electron chi connectivity index (χ1n) is 5.36. The number of hydrogen-bond acceptors (Lipinski definition) is 6. The van der Waals surface area contributed by atoms with E-state index < -0.39 is 0 Å². The number of nitrogens with one attached hydrogen (secondary N) is 1. The molecule has 0 spiro atoms. The lowest BCUT2D eigenvalue weighted by molar-refractivity contribution is 0.627. The highest BCUT2D eigenvalue weighted by Crippen LogP contribution is 2.25. The molecule has 1 aromatic heterocycles. The Morgan fingerprint density at radius 1 is 1.26 bits per heavy atom. The maximum atomic E-state index is 13.0. The molecular formula is C11H12BrFN6. The minimum absolute atomic E-state index is 0.111. The van der Waals surface area contributed by atoms with Gasteiger partial charge in [0.1, 0.15) is 5.82 Å². The Labute approximate surface area is 118 Å². The van der Waals surface area contributed by atoms with Crippen LogP contribution in [0.1, 0.15) is 0 Å². The third kappa shape index (κ3) is 3.28. The normalized spacial score (nSPS) is 10.3. The Morgan fingerprint density at radius 3 is 2.63 bits per heavy atom. The molecule has 100 valence electrons. The quantitative estimate of drug-likeness (QED) is 0.899. The van der Waals surface area contributed by atoms with Crippen LogP contribution in [0.3, 0.4) is 0 Å².